The average Bonchev–Trinajstić information content (AvgIpc) is 3.57. The lowest BCUT2D eigenvalue weighted by Gasteiger charge is -2.27. The maximum Gasteiger partial charge on any atom is 0.341 e. The Morgan fingerprint density at radius 2 is 2.10 bits per heavy atom. The molecule has 1 aliphatic carbocycles. The summed E-state index contributed by atoms with van der Waals surface area (Å²) in [5.41, 5.74) is 1.70. The minimum Gasteiger partial charge on any atom is -0.477 e. The van der Waals surface area contributed by atoms with Gasteiger partial charge in [-0.05, 0) is 30.9 Å². The first-order valence-corrected chi connectivity index (χ1v) is 9.86. The van der Waals surface area contributed by atoms with E-state index in [1.165, 1.54) is 10.8 Å². The van der Waals surface area contributed by atoms with Crippen LogP contribution in [0.1, 0.15) is 47.8 Å². The number of pyridine rings is 2. The fourth-order valence-electron chi connectivity index (χ4n) is 4.00. The van der Waals surface area contributed by atoms with Gasteiger partial charge in [0, 0.05) is 38.3 Å². The first-order chi connectivity index (χ1) is 14.6. The first-order valence-electron chi connectivity index (χ1n) is 9.86. The number of hydroxylamine groups is 2. The fraction of sp³-hybridized carbons (Fsp3) is 0.450. The Balaban J connectivity index is 1.93. The molecule has 11 heteroatoms. The molecule has 1 saturated carbocycles. The molecule has 1 saturated heterocycles. The van der Waals surface area contributed by atoms with Gasteiger partial charge in [-0.1, -0.05) is 0 Å². The van der Waals surface area contributed by atoms with Crippen LogP contribution in [0.2, 0.25) is 0 Å². The molecule has 2 fully saturated rings. The van der Waals surface area contributed by atoms with Crippen LogP contribution >= 0.6 is 0 Å². The van der Waals surface area contributed by atoms with E-state index < -0.39 is 46.4 Å². The van der Waals surface area contributed by atoms with Crippen molar-refractivity contribution in [1.82, 2.24) is 14.6 Å². The molecule has 2 aromatic rings. The van der Waals surface area contributed by atoms with E-state index in [1.54, 1.807) is 0 Å². The molecule has 4 rings (SSSR count). The van der Waals surface area contributed by atoms with Gasteiger partial charge in [0.1, 0.15) is 34.1 Å². The third-order valence-electron chi connectivity index (χ3n) is 5.79. The van der Waals surface area contributed by atoms with Gasteiger partial charge in [-0.3, -0.25) is 4.79 Å². The van der Waals surface area contributed by atoms with E-state index in [0.717, 1.165) is 24.0 Å². The number of aromatic carboxylic acids is 1. The van der Waals surface area contributed by atoms with Crippen molar-refractivity contribution in [1.29, 1.82) is 0 Å². The molecule has 1 unspecified atom stereocenters. The monoisotopic (exact) mass is 436 g/mol. The van der Waals surface area contributed by atoms with Gasteiger partial charge in [-0.25, -0.2) is 18.6 Å². The lowest BCUT2D eigenvalue weighted by Crippen LogP contribution is -2.31. The maximum absolute atomic E-state index is 15.1. The Morgan fingerprint density at radius 3 is 2.71 bits per heavy atom. The van der Waals surface area contributed by atoms with Crippen LogP contribution in [0.3, 0.4) is 0 Å². The lowest BCUT2D eigenvalue weighted by atomic mass is 9.87. The molecule has 9 nitrogen and oxygen atoms in total. The molecular weight excluding hydrogens is 414 g/mol. The highest BCUT2D eigenvalue weighted by molar-refractivity contribution is 5.91. The number of fused-ring (bicyclic) bond motifs is 1. The van der Waals surface area contributed by atoms with Crippen LogP contribution in [-0.2, 0) is 5.60 Å². The highest BCUT2D eigenvalue weighted by Crippen LogP contribution is 2.39. The summed E-state index contributed by atoms with van der Waals surface area (Å²) in [6.45, 7) is -0.717. The maximum atomic E-state index is 15.1. The summed E-state index contributed by atoms with van der Waals surface area (Å²) >= 11 is 0. The Hall–Kier alpha value is -2.73. The zero-order valence-electron chi connectivity index (χ0n) is 16.5. The summed E-state index contributed by atoms with van der Waals surface area (Å²) < 4.78 is 30.9. The standard InChI is InChI=1S/C20H22F2N4O5/c21-14-5-12-16(27)13(19(28)29)9-26(11-1-2-11)18(12)24-17(14)20(30)3-4-25(31)8-10(6-20)15(22)7-23/h5,9,11,30-31H,1-4,6-8,23H2,(H,28,29)/b15-10+. The largest absolute Gasteiger partial charge is 0.477 e. The van der Waals surface area contributed by atoms with Gasteiger partial charge < -0.3 is 25.7 Å². The van der Waals surface area contributed by atoms with E-state index >= 15 is 4.39 Å². The Bertz CT molecular complexity index is 1160. The van der Waals surface area contributed by atoms with Crippen molar-refractivity contribution >= 4 is 17.0 Å². The lowest BCUT2D eigenvalue weighted by molar-refractivity contribution is -0.0902. The number of nitrogens with two attached hydrogens (primary N) is 1. The quantitative estimate of drug-likeness (QED) is 0.564. The van der Waals surface area contributed by atoms with E-state index in [0.29, 0.717) is 0 Å². The van der Waals surface area contributed by atoms with Crippen LogP contribution in [0.4, 0.5) is 8.78 Å². The number of halogens is 2. The van der Waals surface area contributed by atoms with Crippen molar-refractivity contribution in [3.63, 3.8) is 0 Å². The van der Waals surface area contributed by atoms with Gasteiger partial charge in [-0.2, -0.15) is 5.06 Å². The van der Waals surface area contributed by atoms with E-state index in [1.807, 2.05) is 0 Å². The Labute approximate surface area is 175 Å². The van der Waals surface area contributed by atoms with Gasteiger partial charge >= 0.3 is 5.97 Å². The minimum absolute atomic E-state index is 0.0205. The Kier molecular flexibility index (Phi) is 5.38. The summed E-state index contributed by atoms with van der Waals surface area (Å²) in [6.07, 6.45) is 2.17. The van der Waals surface area contributed by atoms with E-state index in [-0.39, 0.29) is 48.6 Å². The molecule has 1 aliphatic heterocycles. The van der Waals surface area contributed by atoms with Crippen LogP contribution in [-0.4, -0.2) is 55.6 Å². The topological polar surface area (TPSA) is 142 Å². The predicted octanol–water partition coefficient (Wildman–Crippen LogP) is 1.42. The van der Waals surface area contributed by atoms with Crippen molar-refractivity contribution in [2.45, 2.75) is 37.3 Å². The molecule has 2 aliphatic rings. The number of carbonyl (C=O) groups is 1. The summed E-state index contributed by atoms with van der Waals surface area (Å²) in [6, 6.07) is 0.780. The summed E-state index contributed by atoms with van der Waals surface area (Å²) in [5.74, 6) is -3.17. The highest BCUT2D eigenvalue weighted by Gasteiger charge is 2.39. The van der Waals surface area contributed by atoms with Crippen LogP contribution in [0.15, 0.2) is 28.5 Å². The van der Waals surface area contributed by atoms with E-state index in [9.17, 15) is 29.4 Å². The number of aromatic nitrogens is 2. The van der Waals surface area contributed by atoms with E-state index in [2.05, 4.69) is 4.98 Å². The molecule has 5 N–H and O–H groups in total. The number of hydrogen-bond acceptors (Lipinski definition) is 7. The van der Waals surface area contributed by atoms with Crippen LogP contribution < -0.4 is 11.2 Å². The molecule has 0 amide bonds. The third kappa shape index (κ3) is 3.85. The Morgan fingerprint density at radius 1 is 1.39 bits per heavy atom. The molecule has 0 bridgehead atoms. The van der Waals surface area contributed by atoms with Gasteiger partial charge in [0.25, 0.3) is 0 Å². The van der Waals surface area contributed by atoms with Crippen LogP contribution in [0, 0.1) is 5.82 Å². The first kappa shape index (κ1) is 21.5. The number of carboxylic acid groups (broad SMARTS) is 1. The van der Waals surface area contributed by atoms with Crippen molar-refractivity contribution in [3.05, 3.63) is 51.0 Å². The molecule has 31 heavy (non-hydrogen) atoms. The van der Waals surface area contributed by atoms with E-state index in [4.69, 9.17) is 5.73 Å². The predicted molar refractivity (Wildman–Crippen MR) is 105 cm³/mol. The zero-order valence-corrected chi connectivity index (χ0v) is 16.5. The number of carboxylic acids is 1. The van der Waals surface area contributed by atoms with Crippen molar-refractivity contribution in [2.75, 3.05) is 19.6 Å². The summed E-state index contributed by atoms with van der Waals surface area (Å²) in [4.78, 5) is 28.3. The molecule has 1 atom stereocenters. The normalized spacial score (nSPS) is 24.3. The molecular formula is C20H22F2N4O5. The van der Waals surface area contributed by atoms with Crippen molar-refractivity contribution < 1.29 is 29.0 Å². The molecule has 0 aromatic carbocycles. The van der Waals surface area contributed by atoms with Crippen molar-refractivity contribution in [3.8, 4) is 0 Å². The number of rotatable bonds is 4. The van der Waals surface area contributed by atoms with Crippen molar-refractivity contribution in [2.24, 2.45) is 5.73 Å². The fourth-order valence-corrected chi connectivity index (χ4v) is 4.00. The molecule has 166 valence electrons. The second kappa shape index (κ2) is 7.75. The van der Waals surface area contributed by atoms with Crippen LogP contribution in [0.25, 0.3) is 11.0 Å². The number of hydrogen-bond donors (Lipinski definition) is 4. The number of aliphatic hydroxyl groups is 1. The minimum atomic E-state index is -1.96. The third-order valence-corrected chi connectivity index (χ3v) is 5.79. The van der Waals surface area contributed by atoms with Gasteiger partial charge in [-0.15, -0.1) is 0 Å². The highest BCUT2D eigenvalue weighted by atomic mass is 19.1. The zero-order chi connectivity index (χ0) is 22.5. The molecule has 0 radical (unpaired) electrons. The number of nitrogens with zero attached hydrogens (tertiary/aromatic N) is 3. The molecule has 2 aromatic heterocycles. The second-order valence-electron chi connectivity index (χ2n) is 8.06. The van der Waals surface area contributed by atoms with Gasteiger partial charge in [0.15, 0.2) is 0 Å². The van der Waals surface area contributed by atoms with Gasteiger partial charge in [0.05, 0.1) is 5.39 Å². The summed E-state index contributed by atoms with van der Waals surface area (Å²) in [5, 5.41) is 31.2. The second-order valence-corrected chi connectivity index (χ2v) is 8.06. The summed E-state index contributed by atoms with van der Waals surface area (Å²) in [7, 11) is 0. The molecule has 0 spiro atoms. The average molecular weight is 436 g/mol. The SMILES string of the molecule is NC/C(F)=C1\CN(O)CCC(O)(c2nc3c(cc2F)c(=O)c(C(=O)O)cn3C2CC2)C1. The molecule has 3 heterocycles. The van der Waals surface area contributed by atoms with Gasteiger partial charge in [0.2, 0.25) is 5.43 Å². The smallest absolute Gasteiger partial charge is 0.341 e. The van der Waals surface area contributed by atoms with Crippen LogP contribution in [0.5, 0.6) is 0 Å².